The molecule has 0 aliphatic rings. The van der Waals surface area contributed by atoms with Crippen LogP contribution in [0.2, 0.25) is 0 Å². The Morgan fingerprint density at radius 3 is 2.69 bits per heavy atom. The van der Waals surface area contributed by atoms with E-state index in [4.69, 9.17) is 0 Å². The summed E-state index contributed by atoms with van der Waals surface area (Å²) in [4.78, 5) is 12.0. The number of nitrogens with one attached hydrogen (secondary N) is 1. The van der Waals surface area contributed by atoms with E-state index in [0.717, 1.165) is 28.5 Å². The van der Waals surface area contributed by atoms with E-state index in [0.29, 0.717) is 6.04 Å². The van der Waals surface area contributed by atoms with Gasteiger partial charge in [0.15, 0.2) is 0 Å². The maximum absolute atomic E-state index is 12.9. The lowest BCUT2D eigenvalue weighted by atomic mass is 10.1. The number of rotatable bonds is 6. The zero-order chi connectivity index (χ0) is 18.5. The molecule has 0 radical (unpaired) electrons. The smallest absolute Gasteiger partial charge is 0.244 e. The Balaban J connectivity index is 1.72. The Labute approximate surface area is 152 Å². The van der Waals surface area contributed by atoms with Crippen LogP contribution in [0.4, 0.5) is 4.39 Å². The lowest BCUT2D eigenvalue weighted by Gasteiger charge is -2.12. The first-order valence-corrected chi connectivity index (χ1v) is 8.74. The summed E-state index contributed by atoms with van der Waals surface area (Å²) in [6.07, 6.45) is 4.92. The number of fused-ring (bicyclic) bond motifs is 1. The normalized spacial score (nSPS) is 12.6. The van der Waals surface area contributed by atoms with E-state index in [9.17, 15) is 9.18 Å². The van der Waals surface area contributed by atoms with E-state index >= 15 is 0 Å². The number of nitrogens with zero attached hydrogens (tertiary/aromatic N) is 2. The number of para-hydroxylation sites is 1. The Morgan fingerprint density at radius 2 is 1.96 bits per heavy atom. The summed E-state index contributed by atoms with van der Waals surface area (Å²) in [5.74, 6) is -0.552. The summed E-state index contributed by atoms with van der Waals surface area (Å²) in [5.41, 5.74) is 5.40. The first kappa shape index (κ1) is 17.9. The van der Waals surface area contributed by atoms with Crippen molar-refractivity contribution in [1.29, 1.82) is 0 Å². The molecule has 1 atom stereocenters. The minimum Gasteiger partial charge on any atom is -0.344 e. The fourth-order valence-electron chi connectivity index (χ4n) is 2.90. The third-order valence-corrected chi connectivity index (χ3v) is 4.51. The molecule has 0 fully saturated rings. The summed E-state index contributed by atoms with van der Waals surface area (Å²) in [7, 11) is 0. The monoisotopic (exact) mass is 351 g/mol. The molecule has 0 saturated heterocycles. The number of hydrogen-bond acceptors (Lipinski definition) is 2. The van der Waals surface area contributed by atoms with Gasteiger partial charge < -0.3 is 4.57 Å². The molecular weight excluding hydrogens is 329 g/mol. The number of hydrazone groups is 1. The van der Waals surface area contributed by atoms with Gasteiger partial charge in [-0.05, 0) is 37.1 Å². The van der Waals surface area contributed by atoms with Gasteiger partial charge in [0, 0.05) is 28.7 Å². The van der Waals surface area contributed by atoms with Crippen molar-refractivity contribution in [2.24, 2.45) is 5.10 Å². The highest BCUT2D eigenvalue weighted by Crippen LogP contribution is 2.24. The molecule has 0 unspecified atom stereocenters. The Hall–Kier alpha value is -2.95. The van der Waals surface area contributed by atoms with Crippen LogP contribution in [-0.4, -0.2) is 16.7 Å². The SMILES string of the molecule is CC[C@H](C)n1cc(/C=N/NC(=O)Cc2ccc(F)cc2)c2ccccc21. The maximum atomic E-state index is 12.9. The average molecular weight is 351 g/mol. The summed E-state index contributed by atoms with van der Waals surface area (Å²) < 4.78 is 15.1. The number of benzene rings is 2. The lowest BCUT2D eigenvalue weighted by molar-refractivity contribution is -0.120. The fraction of sp³-hybridized carbons (Fsp3) is 0.238. The van der Waals surface area contributed by atoms with Crippen molar-refractivity contribution in [3.05, 3.63) is 71.7 Å². The molecule has 3 aromatic rings. The van der Waals surface area contributed by atoms with Crippen molar-refractivity contribution in [1.82, 2.24) is 9.99 Å². The summed E-state index contributed by atoms with van der Waals surface area (Å²) >= 11 is 0. The Morgan fingerprint density at radius 1 is 1.23 bits per heavy atom. The van der Waals surface area contributed by atoms with Crippen molar-refractivity contribution in [2.75, 3.05) is 0 Å². The average Bonchev–Trinajstić information content (AvgIpc) is 3.02. The van der Waals surface area contributed by atoms with Gasteiger partial charge in [0.25, 0.3) is 0 Å². The first-order valence-electron chi connectivity index (χ1n) is 8.74. The second-order valence-corrected chi connectivity index (χ2v) is 6.36. The van der Waals surface area contributed by atoms with E-state index in [1.165, 1.54) is 12.1 Å². The third-order valence-electron chi connectivity index (χ3n) is 4.51. The van der Waals surface area contributed by atoms with Crippen LogP contribution in [0, 0.1) is 5.82 Å². The van der Waals surface area contributed by atoms with E-state index in [2.05, 4.69) is 47.3 Å². The quantitative estimate of drug-likeness (QED) is 0.518. The predicted molar refractivity (Wildman–Crippen MR) is 103 cm³/mol. The largest absolute Gasteiger partial charge is 0.344 e. The highest BCUT2D eigenvalue weighted by molar-refractivity contribution is 5.99. The number of amides is 1. The van der Waals surface area contributed by atoms with E-state index < -0.39 is 0 Å². The molecule has 0 saturated carbocycles. The molecule has 26 heavy (non-hydrogen) atoms. The highest BCUT2D eigenvalue weighted by atomic mass is 19.1. The van der Waals surface area contributed by atoms with Gasteiger partial charge in [0.1, 0.15) is 5.82 Å². The topological polar surface area (TPSA) is 46.4 Å². The summed E-state index contributed by atoms with van der Waals surface area (Å²) in [6.45, 7) is 4.33. The number of carbonyl (C=O) groups is 1. The van der Waals surface area contributed by atoms with E-state index in [1.807, 2.05) is 12.1 Å². The van der Waals surface area contributed by atoms with Crippen LogP contribution in [-0.2, 0) is 11.2 Å². The molecule has 134 valence electrons. The molecule has 1 aromatic heterocycles. The molecule has 1 N–H and O–H groups in total. The second kappa shape index (κ2) is 7.95. The van der Waals surface area contributed by atoms with Gasteiger partial charge in [-0.15, -0.1) is 0 Å². The Kier molecular flexibility index (Phi) is 5.46. The number of carbonyl (C=O) groups excluding carboxylic acids is 1. The van der Waals surface area contributed by atoms with Crippen LogP contribution >= 0.6 is 0 Å². The number of halogens is 1. The first-order chi connectivity index (χ1) is 12.6. The van der Waals surface area contributed by atoms with Crippen LogP contribution in [0.25, 0.3) is 10.9 Å². The van der Waals surface area contributed by atoms with Gasteiger partial charge in [-0.1, -0.05) is 37.3 Å². The van der Waals surface area contributed by atoms with Gasteiger partial charge >= 0.3 is 0 Å². The molecule has 1 heterocycles. The lowest BCUT2D eigenvalue weighted by Crippen LogP contribution is -2.19. The highest BCUT2D eigenvalue weighted by Gasteiger charge is 2.10. The zero-order valence-corrected chi connectivity index (χ0v) is 14.9. The molecule has 2 aromatic carbocycles. The predicted octanol–water partition coefficient (Wildman–Crippen LogP) is 4.44. The molecule has 0 aliphatic heterocycles. The van der Waals surface area contributed by atoms with Gasteiger partial charge in [-0.2, -0.15) is 5.10 Å². The fourth-order valence-corrected chi connectivity index (χ4v) is 2.90. The van der Waals surface area contributed by atoms with Crippen molar-refractivity contribution < 1.29 is 9.18 Å². The molecule has 5 heteroatoms. The van der Waals surface area contributed by atoms with E-state index in [-0.39, 0.29) is 18.1 Å². The standard InChI is InChI=1S/C21H22FN3O/c1-3-15(2)25-14-17(19-6-4-5-7-20(19)25)13-23-24-21(26)12-16-8-10-18(22)11-9-16/h4-11,13-15H,3,12H2,1-2H3,(H,24,26)/b23-13+/t15-/m0/s1. The van der Waals surface area contributed by atoms with Gasteiger partial charge in [-0.3, -0.25) is 4.79 Å². The number of hydrogen-bond donors (Lipinski definition) is 1. The molecule has 3 rings (SSSR count). The van der Waals surface area contributed by atoms with Crippen LogP contribution in [0.5, 0.6) is 0 Å². The van der Waals surface area contributed by atoms with Crippen LogP contribution < -0.4 is 5.43 Å². The maximum Gasteiger partial charge on any atom is 0.244 e. The molecule has 4 nitrogen and oxygen atoms in total. The molecule has 0 aliphatic carbocycles. The van der Waals surface area contributed by atoms with Crippen LogP contribution in [0.15, 0.2) is 59.8 Å². The van der Waals surface area contributed by atoms with Crippen molar-refractivity contribution >= 4 is 23.0 Å². The zero-order valence-electron chi connectivity index (χ0n) is 14.9. The van der Waals surface area contributed by atoms with Gasteiger partial charge in [0.05, 0.1) is 12.6 Å². The summed E-state index contributed by atoms with van der Waals surface area (Å²) in [6, 6.07) is 14.4. The van der Waals surface area contributed by atoms with Gasteiger partial charge in [-0.25, -0.2) is 9.82 Å². The third kappa shape index (κ3) is 3.99. The molecular formula is C21H22FN3O. The minimum atomic E-state index is -0.315. The van der Waals surface area contributed by atoms with Crippen LogP contribution in [0.3, 0.4) is 0 Å². The molecule has 1 amide bonds. The number of aromatic nitrogens is 1. The molecule has 0 bridgehead atoms. The van der Waals surface area contributed by atoms with Crippen molar-refractivity contribution in [3.63, 3.8) is 0 Å². The molecule has 0 spiro atoms. The van der Waals surface area contributed by atoms with Crippen molar-refractivity contribution in [3.8, 4) is 0 Å². The van der Waals surface area contributed by atoms with Crippen molar-refractivity contribution in [2.45, 2.75) is 32.7 Å². The second-order valence-electron chi connectivity index (χ2n) is 6.36. The van der Waals surface area contributed by atoms with E-state index in [1.54, 1.807) is 18.3 Å². The summed E-state index contributed by atoms with van der Waals surface area (Å²) in [5, 5.41) is 5.19. The minimum absolute atomic E-state index is 0.159. The Bertz CT molecular complexity index is 928. The van der Waals surface area contributed by atoms with Gasteiger partial charge in [0.2, 0.25) is 5.91 Å². The van der Waals surface area contributed by atoms with Crippen LogP contribution in [0.1, 0.15) is 37.4 Å².